The van der Waals surface area contributed by atoms with Crippen LogP contribution >= 0.6 is 0 Å². The van der Waals surface area contributed by atoms with Crippen LogP contribution in [0.15, 0.2) is 0 Å². The quantitative estimate of drug-likeness (QED) is 0.818. The fraction of sp³-hybridized carbons (Fsp3) is 1.00. The molecule has 0 aromatic carbocycles. The number of fused-ring (bicyclic) bond motifs is 5. The van der Waals surface area contributed by atoms with Crippen LogP contribution in [0.2, 0.25) is 0 Å². The van der Waals surface area contributed by atoms with Crippen molar-refractivity contribution >= 4 is 0 Å². The van der Waals surface area contributed by atoms with Crippen LogP contribution in [0.5, 0.6) is 0 Å². The molecule has 0 radical (unpaired) electrons. The van der Waals surface area contributed by atoms with E-state index in [0.717, 1.165) is 55.6 Å². The van der Waals surface area contributed by atoms with Gasteiger partial charge in [-0.25, -0.2) is 0 Å². The molecule has 0 amide bonds. The predicted octanol–water partition coefficient (Wildman–Crippen LogP) is 3.65. The average molecular weight is 349 g/mol. The van der Waals surface area contributed by atoms with E-state index in [0.29, 0.717) is 10.8 Å². The molecule has 3 nitrogen and oxygen atoms in total. The monoisotopic (exact) mass is 348 g/mol. The van der Waals surface area contributed by atoms with Crippen molar-refractivity contribution < 1.29 is 5.11 Å². The Morgan fingerprint density at radius 2 is 1.68 bits per heavy atom. The highest BCUT2D eigenvalue weighted by Gasteiger charge is 2.60. The lowest BCUT2D eigenvalue weighted by molar-refractivity contribution is -0.128. The van der Waals surface area contributed by atoms with Crippen molar-refractivity contribution in [3.05, 3.63) is 0 Å². The third kappa shape index (κ3) is 2.72. The highest BCUT2D eigenvalue weighted by molar-refractivity contribution is 5.11. The number of rotatable bonds is 3. The highest BCUT2D eigenvalue weighted by atomic mass is 16.3. The van der Waals surface area contributed by atoms with Crippen molar-refractivity contribution in [2.45, 2.75) is 83.8 Å². The first-order valence-corrected chi connectivity index (χ1v) is 11.0. The zero-order chi connectivity index (χ0) is 17.8. The molecule has 0 saturated heterocycles. The van der Waals surface area contributed by atoms with E-state index in [1.807, 2.05) is 0 Å². The van der Waals surface area contributed by atoms with Crippen molar-refractivity contribution in [3.63, 3.8) is 0 Å². The molecule has 4 aliphatic rings. The van der Waals surface area contributed by atoms with E-state index in [4.69, 9.17) is 5.73 Å². The molecule has 144 valence electrons. The Morgan fingerprint density at radius 1 is 0.960 bits per heavy atom. The summed E-state index contributed by atoms with van der Waals surface area (Å²) >= 11 is 0. The van der Waals surface area contributed by atoms with Crippen LogP contribution in [0.25, 0.3) is 0 Å². The second kappa shape index (κ2) is 6.49. The van der Waals surface area contributed by atoms with E-state index in [1.54, 1.807) is 0 Å². The molecule has 25 heavy (non-hydrogen) atoms. The average Bonchev–Trinajstić information content (AvgIpc) is 2.93. The second-order valence-electron chi connectivity index (χ2n) is 10.5. The van der Waals surface area contributed by atoms with E-state index >= 15 is 0 Å². The van der Waals surface area contributed by atoms with Crippen LogP contribution in [0.3, 0.4) is 0 Å². The second-order valence-corrected chi connectivity index (χ2v) is 10.5. The van der Waals surface area contributed by atoms with Gasteiger partial charge in [0.2, 0.25) is 0 Å². The van der Waals surface area contributed by atoms with Crippen LogP contribution in [0, 0.1) is 34.5 Å². The molecule has 0 unspecified atom stereocenters. The molecular weight excluding hydrogens is 308 g/mol. The van der Waals surface area contributed by atoms with Crippen molar-refractivity contribution in [1.29, 1.82) is 0 Å². The molecule has 4 fully saturated rings. The molecule has 0 heterocycles. The first-order chi connectivity index (χ1) is 11.9. The molecule has 3 heteroatoms. The number of likely N-dealkylation sites (N-methyl/N-ethyl adjacent to an activating group) is 1. The van der Waals surface area contributed by atoms with Gasteiger partial charge in [0, 0.05) is 19.1 Å². The predicted molar refractivity (Wildman–Crippen MR) is 103 cm³/mol. The van der Waals surface area contributed by atoms with Crippen molar-refractivity contribution in [3.8, 4) is 0 Å². The fourth-order valence-corrected chi connectivity index (χ4v) is 8.29. The molecule has 8 atom stereocenters. The molecule has 4 rings (SSSR count). The number of nitrogens with two attached hydrogens (primary N) is 1. The minimum absolute atomic E-state index is 0.0238. The van der Waals surface area contributed by atoms with Gasteiger partial charge in [-0.2, -0.15) is 0 Å². The zero-order valence-corrected chi connectivity index (χ0v) is 16.7. The summed E-state index contributed by atoms with van der Waals surface area (Å²) in [5.41, 5.74) is 6.86. The van der Waals surface area contributed by atoms with Gasteiger partial charge in [-0.05, 0) is 99.3 Å². The normalized spacial score (nSPS) is 52.6. The van der Waals surface area contributed by atoms with E-state index in [1.165, 1.54) is 44.9 Å². The standard InChI is InChI=1S/C22H40N2O/c1-21-10-8-16(25)14-15(21)4-5-17-18-6-7-20(24(3)13-12-23)22(18,2)11-9-19(17)21/h15-20,25H,4-14,23H2,1-3H3/t15-,16-,17-,18+,19-,20+,21-,22-/m0/s1. The SMILES string of the molecule is CN(CCN)[C@@H]1CC[C@@H]2[C@@H]3CC[C@H]4C[C@@H](O)CC[C@]4(C)[C@H]3CC[C@@]21C. The summed E-state index contributed by atoms with van der Waals surface area (Å²) in [6.45, 7) is 7.02. The third-order valence-corrected chi connectivity index (χ3v) is 9.60. The smallest absolute Gasteiger partial charge is 0.0543 e. The zero-order valence-electron chi connectivity index (χ0n) is 16.7. The number of hydrogen-bond acceptors (Lipinski definition) is 3. The Balaban J connectivity index is 1.56. The van der Waals surface area contributed by atoms with Crippen molar-refractivity contribution in [2.75, 3.05) is 20.1 Å². The van der Waals surface area contributed by atoms with Gasteiger partial charge in [0.05, 0.1) is 6.10 Å². The van der Waals surface area contributed by atoms with Crippen LogP contribution in [0.4, 0.5) is 0 Å². The first-order valence-electron chi connectivity index (χ1n) is 11.0. The fourth-order valence-electron chi connectivity index (χ4n) is 8.29. The molecule has 0 aromatic heterocycles. The van der Waals surface area contributed by atoms with Gasteiger partial charge in [-0.1, -0.05) is 13.8 Å². The van der Waals surface area contributed by atoms with E-state index < -0.39 is 0 Å². The van der Waals surface area contributed by atoms with Crippen LogP contribution in [-0.2, 0) is 0 Å². The van der Waals surface area contributed by atoms with Gasteiger partial charge in [-0.3, -0.25) is 0 Å². The number of nitrogens with zero attached hydrogens (tertiary/aromatic N) is 1. The summed E-state index contributed by atoms with van der Waals surface area (Å²) < 4.78 is 0. The highest BCUT2D eigenvalue weighted by Crippen LogP contribution is 2.66. The van der Waals surface area contributed by atoms with E-state index in [2.05, 4.69) is 25.8 Å². The summed E-state index contributed by atoms with van der Waals surface area (Å²) in [6.07, 6.45) is 11.8. The lowest BCUT2D eigenvalue weighted by Crippen LogP contribution is -2.56. The minimum Gasteiger partial charge on any atom is -0.393 e. The summed E-state index contributed by atoms with van der Waals surface area (Å²) in [6, 6.07) is 0.737. The molecule has 4 saturated carbocycles. The lowest BCUT2D eigenvalue weighted by atomic mass is 9.45. The van der Waals surface area contributed by atoms with E-state index in [-0.39, 0.29) is 6.10 Å². The first kappa shape index (κ1) is 18.3. The lowest BCUT2D eigenvalue weighted by Gasteiger charge is -2.61. The Labute approximate surface area is 154 Å². The van der Waals surface area contributed by atoms with Gasteiger partial charge < -0.3 is 15.7 Å². The molecule has 0 aromatic rings. The van der Waals surface area contributed by atoms with Gasteiger partial charge in [0.25, 0.3) is 0 Å². The van der Waals surface area contributed by atoms with Crippen molar-refractivity contribution in [2.24, 2.45) is 40.2 Å². The molecule has 3 N–H and O–H groups in total. The summed E-state index contributed by atoms with van der Waals surface area (Å²) in [7, 11) is 2.30. The van der Waals surface area contributed by atoms with Crippen LogP contribution < -0.4 is 5.73 Å². The maximum atomic E-state index is 10.2. The maximum Gasteiger partial charge on any atom is 0.0543 e. The van der Waals surface area contributed by atoms with Crippen LogP contribution in [-0.4, -0.2) is 42.3 Å². The van der Waals surface area contributed by atoms with Gasteiger partial charge >= 0.3 is 0 Å². The summed E-state index contributed by atoms with van der Waals surface area (Å²) in [5, 5.41) is 10.2. The number of aliphatic hydroxyl groups excluding tert-OH is 1. The minimum atomic E-state index is -0.0238. The molecule has 0 bridgehead atoms. The Bertz CT molecular complexity index is 496. The Morgan fingerprint density at radius 3 is 2.44 bits per heavy atom. The molecule has 0 aliphatic heterocycles. The molecule has 0 spiro atoms. The van der Waals surface area contributed by atoms with Gasteiger partial charge in [0.1, 0.15) is 0 Å². The number of hydrogen-bond donors (Lipinski definition) is 2. The van der Waals surface area contributed by atoms with Crippen molar-refractivity contribution in [1.82, 2.24) is 4.90 Å². The molecular formula is C22H40N2O. The third-order valence-electron chi connectivity index (χ3n) is 9.60. The largest absolute Gasteiger partial charge is 0.393 e. The van der Waals surface area contributed by atoms with Gasteiger partial charge in [-0.15, -0.1) is 0 Å². The summed E-state index contributed by atoms with van der Waals surface area (Å²) in [4.78, 5) is 2.57. The van der Waals surface area contributed by atoms with Crippen LogP contribution in [0.1, 0.15) is 71.6 Å². The van der Waals surface area contributed by atoms with E-state index in [9.17, 15) is 5.11 Å². The summed E-state index contributed by atoms with van der Waals surface area (Å²) in [5.74, 6) is 3.54. The Kier molecular flexibility index (Phi) is 4.74. The maximum absolute atomic E-state index is 10.2. The Hall–Kier alpha value is -0.120. The number of aliphatic hydroxyl groups is 1. The topological polar surface area (TPSA) is 49.5 Å². The molecule has 4 aliphatic carbocycles. The van der Waals surface area contributed by atoms with Gasteiger partial charge in [0.15, 0.2) is 0 Å².